The van der Waals surface area contributed by atoms with Gasteiger partial charge in [-0.05, 0) is 31.9 Å². The second kappa shape index (κ2) is 6.93. The molecule has 1 N–H and O–H groups in total. The van der Waals surface area contributed by atoms with Crippen molar-refractivity contribution in [2.24, 2.45) is 0 Å². The fraction of sp³-hybridized carbons (Fsp3) is 0.615. The molecule has 1 aromatic heterocycles. The molecule has 1 atom stereocenters. The number of halogens is 2. The summed E-state index contributed by atoms with van der Waals surface area (Å²) in [5, 5.41) is 3.42. The van der Waals surface area contributed by atoms with Crippen LogP contribution in [0.25, 0.3) is 0 Å². The summed E-state index contributed by atoms with van der Waals surface area (Å²) < 4.78 is 1.04. The fourth-order valence-corrected chi connectivity index (χ4v) is 3.83. The molecule has 106 valence electrons. The standard InChI is InChI=1S/C13H18Cl2N2OS/c1-2-6-17(8-9-4-3-5-16-9)13(18)10-7-11(14)19-12(10)15/h7,9,16H,2-6,8H2,1H3. The number of carbonyl (C=O) groups excluding carboxylic acids is 1. The summed E-state index contributed by atoms with van der Waals surface area (Å²) in [6.45, 7) is 4.62. The van der Waals surface area contributed by atoms with Gasteiger partial charge in [-0.1, -0.05) is 30.1 Å². The van der Waals surface area contributed by atoms with E-state index in [1.165, 1.54) is 17.8 Å². The third-order valence-electron chi connectivity index (χ3n) is 3.27. The number of nitrogens with one attached hydrogen (secondary N) is 1. The highest BCUT2D eigenvalue weighted by atomic mass is 35.5. The lowest BCUT2D eigenvalue weighted by Gasteiger charge is -2.25. The molecule has 2 rings (SSSR count). The quantitative estimate of drug-likeness (QED) is 0.898. The molecule has 1 aromatic rings. The Labute approximate surface area is 127 Å². The highest BCUT2D eigenvalue weighted by Crippen LogP contribution is 2.32. The Bertz CT molecular complexity index is 444. The van der Waals surface area contributed by atoms with E-state index in [4.69, 9.17) is 23.2 Å². The van der Waals surface area contributed by atoms with Gasteiger partial charge in [0.05, 0.1) is 9.90 Å². The number of hydrogen-bond acceptors (Lipinski definition) is 3. The van der Waals surface area contributed by atoms with E-state index in [1.807, 2.05) is 4.90 Å². The van der Waals surface area contributed by atoms with Crippen LogP contribution in [0.3, 0.4) is 0 Å². The number of carbonyl (C=O) groups is 1. The summed E-state index contributed by atoms with van der Waals surface area (Å²) in [5.74, 6) is -0.0105. The average Bonchev–Trinajstić information content (AvgIpc) is 2.97. The van der Waals surface area contributed by atoms with Crippen LogP contribution in [0.4, 0.5) is 0 Å². The SMILES string of the molecule is CCCN(CC1CCCN1)C(=O)c1cc(Cl)sc1Cl. The highest BCUT2D eigenvalue weighted by molar-refractivity contribution is 7.20. The number of amides is 1. The lowest BCUT2D eigenvalue weighted by atomic mass is 10.2. The number of hydrogen-bond donors (Lipinski definition) is 1. The Morgan fingerprint density at radius 3 is 2.89 bits per heavy atom. The van der Waals surface area contributed by atoms with Crippen molar-refractivity contribution in [1.29, 1.82) is 0 Å². The van der Waals surface area contributed by atoms with Gasteiger partial charge in [0, 0.05) is 19.1 Å². The monoisotopic (exact) mass is 320 g/mol. The van der Waals surface area contributed by atoms with Gasteiger partial charge in [-0.2, -0.15) is 0 Å². The maximum atomic E-state index is 12.5. The van der Waals surface area contributed by atoms with E-state index >= 15 is 0 Å². The largest absolute Gasteiger partial charge is 0.337 e. The summed E-state index contributed by atoms with van der Waals surface area (Å²) in [7, 11) is 0. The number of nitrogens with zero attached hydrogens (tertiary/aromatic N) is 1. The molecule has 0 radical (unpaired) electrons. The molecular weight excluding hydrogens is 303 g/mol. The van der Waals surface area contributed by atoms with Gasteiger partial charge < -0.3 is 10.2 Å². The zero-order chi connectivity index (χ0) is 13.8. The second-order valence-electron chi connectivity index (χ2n) is 4.78. The lowest BCUT2D eigenvalue weighted by Crippen LogP contribution is -2.41. The summed E-state index contributed by atoms with van der Waals surface area (Å²) in [5.41, 5.74) is 0.531. The van der Waals surface area contributed by atoms with Crippen LogP contribution in [0.15, 0.2) is 6.07 Å². The minimum atomic E-state index is -0.0105. The molecule has 0 aliphatic carbocycles. The molecule has 0 aromatic carbocycles. The van der Waals surface area contributed by atoms with Gasteiger partial charge in [0.2, 0.25) is 0 Å². The third-order valence-corrected chi connectivity index (χ3v) is 4.76. The smallest absolute Gasteiger partial charge is 0.256 e. The van der Waals surface area contributed by atoms with Gasteiger partial charge in [0.25, 0.3) is 5.91 Å². The van der Waals surface area contributed by atoms with E-state index in [9.17, 15) is 4.79 Å². The van der Waals surface area contributed by atoms with Crippen molar-refractivity contribution in [2.45, 2.75) is 32.2 Å². The first kappa shape index (κ1) is 15.1. The van der Waals surface area contributed by atoms with E-state index in [0.29, 0.717) is 20.3 Å². The summed E-state index contributed by atoms with van der Waals surface area (Å²) in [4.78, 5) is 14.4. The van der Waals surface area contributed by atoms with Crippen molar-refractivity contribution >= 4 is 40.4 Å². The van der Waals surface area contributed by atoms with Crippen LogP contribution in [-0.2, 0) is 0 Å². The molecule has 1 aliphatic rings. The van der Waals surface area contributed by atoms with Crippen LogP contribution in [0.5, 0.6) is 0 Å². The Hall–Kier alpha value is -0.290. The summed E-state index contributed by atoms with van der Waals surface area (Å²) >= 11 is 13.2. The zero-order valence-corrected chi connectivity index (χ0v) is 13.2. The fourth-order valence-electron chi connectivity index (χ4n) is 2.38. The molecule has 19 heavy (non-hydrogen) atoms. The maximum Gasteiger partial charge on any atom is 0.256 e. The molecule has 1 aliphatic heterocycles. The Morgan fingerprint density at radius 2 is 2.37 bits per heavy atom. The predicted octanol–water partition coefficient (Wildman–Crippen LogP) is 3.66. The van der Waals surface area contributed by atoms with E-state index in [2.05, 4.69) is 12.2 Å². The summed E-state index contributed by atoms with van der Waals surface area (Å²) in [6.07, 6.45) is 3.25. The Morgan fingerprint density at radius 1 is 1.58 bits per heavy atom. The minimum Gasteiger partial charge on any atom is -0.337 e. The van der Waals surface area contributed by atoms with Crippen LogP contribution in [-0.4, -0.2) is 36.5 Å². The maximum absolute atomic E-state index is 12.5. The van der Waals surface area contributed by atoms with Crippen molar-refractivity contribution in [2.75, 3.05) is 19.6 Å². The van der Waals surface area contributed by atoms with E-state index in [1.54, 1.807) is 6.07 Å². The minimum absolute atomic E-state index is 0.0105. The second-order valence-corrected chi connectivity index (χ2v) is 7.07. The molecule has 0 bridgehead atoms. The molecule has 0 saturated carbocycles. The van der Waals surface area contributed by atoms with Crippen molar-refractivity contribution in [3.05, 3.63) is 20.3 Å². The van der Waals surface area contributed by atoms with Gasteiger partial charge in [0.1, 0.15) is 4.34 Å². The number of thiophene rings is 1. The van der Waals surface area contributed by atoms with Crippen molar-refractivity contribution in [1.82, 2.24) is 10.2 Å². The summed E-state index contributed by atoms with van der Waals surface area (Å²) in [6, 6.07) is 2.07. The van der Waals surface area contributed by atoms with Crippen molar-refractivity contribution in [3.63, 3.8) is 0 Å². The zero-order valence-electron chi connectivity index (χ0n) is 10.9. The van der Waals surface area contributed by atoms with Crippen LogP contribution in [0.2, 0.25) is 8.67 Å². The first-order valence-electron chi connectivity index (χ1n) is 6.59. The predicted molar refractivity (Wildman–Crippen MR) is 81.6 cm³/mol. The molecule has 1 saturated heterocycles. The first-order chi connectivity index (χ1) is 9.11. The van der Waals surface area contributed by atoms with Gasteiger partial charge in [-0.3, -0.25) is 4.79 Å². The molecule has 1 fully saturated rings. The van der Waals surface area contributed by atoms with Crippen LogP contribution in [0, 0.1) is 0 Å². The molecule has 1 amide bonds. The molecule has 1 unspecified atom stereocenters. The van der Waals surface area contributed by atoms with Crippen molar-refractivity contribution < 1.29 is 4.79 Å². The molecule has 3 nitrogen and oxygen atoms in total. The van der Waals surface area contributed by atoms with Gasteiger partial charge in [-0.15, -0.1) is 11.3 Å². The van der Waals surface area contributed by atoms with Gasteiger partial charge >= 0.3 is 0 Å². The topological polar surface area (TPSA) is 32.3 Å². The van der Waals surface area contributed by atoms with Gasteiger partial charge in [-0.25, -0.2) is 0 Å². The van der Waals surface area contributed by atoms with E-state index in [-0.39, 0.29) is 5.91 Å². The van der Waals surface area contributed by atoms with Crippen LogP contribution >= 0.6 is 34.5 Å². The van der Waals surface area contributed by atoms with Crippen molar-refractivity contribution in [3.8, 4) is 0 Å². The Kier molecular flexibility index (Phi) is 5.51. The third kappa shape index (κ3) is 3.85. The van der Waals surface area contributed by atoms with E-state index < -0.39 is 0 Å². The molecular formula is C13H18Cl2N2OS. The van der Waals surface area contributed by atoms with Gasteiger partial charge in [0.15, 0.2) is 0 Å². The normalized spacial score (nSPS) is 18.8. The Balaban J connectivity index is 2.08. The highest BCUT2D eigenvalue weighted by Gasteiger charge is 2.24. The lowest BCUT2D eigenvalue weighted by molar-refractivity contribution is 0.0742. The van der Waals surface area contributed by atoms with Crippen LogP contribution < -0.4 is 5.32 Å². The number of rotatable bonds is 5. The van der Waals surface area contributed by atoms with E-state index in [0.717, 1.165) is 32.5 Å². The molecule has 0 spiro atoms. The molecule has 2 heterocycles. The first-order valence-corrected chi connectivity index (χ1v) is 8.16. The average molecular weight is 321 g/mol. The molecule has 6 heteroatoms. The van der Waals surface area contributed by atoms with Crippen LogP contribution in [0.1, 0.15) is 36.5 Å².